The van der Waals surface area contributed by atoms with Crippen molar-refractivity contribution in [2.24, 2.45) is 0 Å². The zero-order valence-electron chi connectivity index (χ0n) is 14.7. The van der Waals surface area contributed by atoms with Crippen molar-refractivity contribution in [1.82, 2.24) is 14.5 Å². The standard InChI is InChI=1S/C20H20N4O3/c25-15-7-5-14(6-8-15)24-12-17(18(26)16-4-2-10-22-19(16)24)20(27)23-13-3-1-9-21-11-13/h1-4,9-12,14-15,25H,5-8H2,(H,23,27)/t14-,15-. The summed E-state index contributed by atoms with van der Waals surface area (Å²) in [7, 11) is 0. The van der Waals surface area contributed by atoms with Gasteiger partial charge in [0.2, 0.25) is 5.43 Å². The topological polar surface area (TPSA) is 97.1 Å². The largest absolute Gasteiger partial charge is 0.393 e. The van der Waals surface area contributed by atoms with Crippen LogP contribution in [0.4, 0.5) is 5.69 Å². The van der Waals surface area contributed by atoms with Crippen molar-refractivity contribution in [2.75, 3.05) is 5.32 Å². The monoisotopic (exact) mass is 364 g/mol. The van der Waals surface area contributed by atoms with Crippen molar-refractivity contribution in [1.29, 1.82) is 0 Å². The Morgan fingerprint density at radius 3 is 2.67 bits per heavy atom. The highest BCUT2D eigenvalue weighted by Gasteiger charge is 2.24. The number of nitrogens with zero attached hydrogens (tertiary/aromatic N) is 3. The molecule has 138 valence electrons. The van der Waals surface area contributed by atoms with E-state index in [0.717, 1.165) is 12.8 Å². The summed E-state index contributed by atoms with van der Waals surface area (Å²) in [6, 6.07) is 6.91. The van der Waals surface area contributed by atoms with Gasteiger partial charge in [-0.2, -0.15) is 0 Å². The first kappa shape index (κ1) is 17.4. The first-order valence-electron chi connectivity index (χ1n) is 9.03. The Morgan fingerprint density at radius 1 is 1.15 bits per heavy atom. The number of aromatic nitrogens is 3. The number of aliphatic hydroxyl groups is 1. The average Bonchev–Trinajstić information content (AvgIpc) is 2.70. The molecular weight excluding hydrogens is 344 g/mol. The Morgan fingerprint density at radius 2 is 1.93 bits per heavy atom. The smallest absolute Gasteiger partial charge is 0.261 e. The molecule has 1 aliphatic rings. The minimum atomic E-state index is -0.469. The second kappa shape index (κ2) is 7.28. The quantitative estimate of drug-likeness (QED) is 0.744. The molecule has 4 rings (SSSR count). The minimum absolute atomic E-state index is 0.0745. The van der Waals surface area contributed by atoms with E-state index in [1.807, 2.05) is 4.57 Å². The highest BCUT2D eigenvalue weighted by molar-refractivity contribution is 6.05. The van der Waals surface area contributed by atoms with Gasteiger partial charge >= 0.3 is 0 Å². The predicted octanol–water partition coefficient (Wildman–Crippen LogP) is 2.52. The normalized spacial score (nSPS) is 19.7. The van der Waals surface area contributed by atoms with E-state index in [4.69, 9.17) is 0 Å². The molecule has 7 nitrogen and oxygen atoms in total. The van der Waals surface area contributed by atoms with Gasteiger partial charge in [0.05, 0.1) is 23.4 Å². The zero-order chi connectivity index (χ0) is 18.8. The lowest BCUT2D eigenvalue weighted by atomic mass is 9.92. The summed E-state index contributed by atoms with van der Waals surface area (Å²) in [5, 5.41) is 12.9. The van der Waals surface area contributed by atoms with Crippen LogP contribution in [0.3, 0.4) is 0 Å². The van der Waals surface area contributed by atoms with E-state index in [1.165, 1.54) is 6.20 Å². The fraction of sp³-hybridized carbons (Fsp3) is 0.300. The highest BCUT2D eigenvalue weighted by atomic mass is 16.3. The molecule has 1 fully saturated rings. The molecule has 0 aromatic carbocycles. The molecule has 0 radical (unpaired) electrons. The number of carbonyl (C=O) groups excluding carboxylic acids is 1. The second-order valence-corrected chi connectivity index (χ2v) is 6.81. The molecule has 0 bridgehead atoms. The van der Waals surface area contributed by atoms with Gasteiger partial charge in [0, 0.05) is 24.6 Å². The Labute approximate surface area is 155 Å². The van der Waals surface area contributed by atoms with Crippen molar-refractivity contribution >= 4 is 22.6 Å². The van der Waals surface area contributed by atoms with E-state index in [9.17, 15) is 14.7 Å². The number of carbonyl (C=O) groups is 1. The minimum Gasteiger partial charge on any atom is -0.393 e. The van der Waals surface area contributed by atoms with E-state index in [0.29, 0.717) is 29.6 Å². The van der Waals surface area contributed by atoms with Gasteiger partial charge in [-0.1, -0.05) is 0 Å². The van der Waals surface area contributed by atoms with Crippen LogP contribution in [0.5, 0.6) is 0 Å². The maximum atomic E-state index is 12.9. The molecule has 1 amide bonds. The molecule has 3 aromatic rings. The highest BCUT2D eigenvalue weighted by Crippen LogP contribution is 2.30. The maximum absolute atomic E-state index is 12.9. The number of pyridine rings is 3. The van der Waals surface area contributed by atoms with Gasteiger partial charge in [-0.15, -0.1) is 0 Å². The van der Waals surface area contributed by atoms with Crippen LogP contribution in [-0.2, 0) is 0 Å². The predicted molar refractivity (Wildman–Crippen MR) is 102 cm³/mol. The van der Waals surface area contributed by atoms with Crippen LogP contribution in [-0.4, -0.2) is 31.7 Å². The lowest BCUT2D eigenvalue weighted by Gasteiger charge is -2.28. The fourth-order valence-corrected chi connectivity index (χ4v) is 3.60. The molecule has 3 heterocycles. The molecule has 0 saturated heterocycles. The summed E-state index contributed by atoms with van der Waals surface area (Å²) in [4.78, 5) is 34.0. The third-order valence-electron chi connectivity index (χ3n) is 5.01. The Kier molecular flexibility index (Phi) is 4.68. The summed E-state index contributed by atoms with van der Waals surface area (Å²) in [5.41, 5.74) is 0.833. The van der Waals surface area contributed by atoms with Crippen molar-refractivity contribution in [3.8, 4) is 0 Å². The van der Waals surface area contributed by atoms with Crippen LogP contribution in [0.15, 0.2) is 53.8 Å². The zero-order valence-corrected chi connectivity index (χ0v) is 14.7. The van der Waals surface area contributed by atoms with Crippen LogP contribution < -0.4 is 10.7 Å². The molecule has 0 aliphatic heterocycles. The van der Waals surface area contributed by atoms with Crippen LogP contribution in [0, 0.1) is 0 Å². The molecule has 1 saturated carbocycles. The number of fused-ring (bicyclic) bond motifs is 1. The molecule has 1 aliphatic carbocycles. The number of rotatable bonds is 3. The van der Waals surface area contributed by atoms with Crippen molar-refractivity contribution < 1.29 is 9.90 Å². The van der Waals surface area contributed by atoms with E-state index >= 15 is 0 Å². The van der Waals surface area contributed by atoms with E-state index < -0.39 is 5.91 Å². The van der Waals surface area contributed by atoms with E-state index in [2.05, 4.69) is 15.3 Å². The van der Waals surface area contributed by atoms with Crippen LogP contribution in [0.1, 0.15) is 42.1 Å². The summed E-state index contributed by atoms with van der Waals surface area (Å²) in [5.74, 6) is -0.469. The molecule has 3 aromatic heterocycles. The molecule has 27 heavy (non-hydrogen) atoms. The van der Waals surface area contributed by atoms with Gasteiger partial charge in [0.25, 0.3) is 5.91 Å². The number of amides is 1. The third kappa shape index (κ3) is 3.46. The van der Waals surface area contributed by atoms with Crippen LogP contribution in [0.2, 0.25) is 0 Å². The molecule has 2 N–H and O–H groups in total. The van der Waals surface area contributed by atoms with E-state index in [-0.39, 0.29) is 23.1 Å². The number of hydrogen-bond acceptors (Lipinski definition) is 5. The lowest BCUT2D eigenvalue weighted by Crippen LogP contribution is -2.27. The van der Waals surface area contributed by atoms with Gasteiger partial charge in [-0.3, -0.25) is 14.6 Å². The van der Waals surface area contributed by atoms with Gasteiger partial charge in [0.1, 0.15) is 11.2 Å². The number of nitrogens with one attached hydrogen (secondary N) is 1. The Bertz CT molecular complexity index is 1020. The van der Waals surface area contributed by atoms with Crippen LogP contribution in [0.25, 0.3) is 11.0 Å². The summed E-state index contributed by atoms with van der Waals surface area (Å²) in [6.45, 7) is 0. The summed E-state index contributed by atoms with van der Waals surface area (Å²) in [6.07, 6.45) is 9.05. The van der Waals surface area contributed by atoms with E-state index in [1.54, 1.807) is 42.9 Å². The Balaban J connectivity index is 1.78. The summed E-state index contributed by atoms with van der Waals surface area (Å²) < 4.78 is 1.92. The fourth-order valence-electron chi connectivity index (χ4n) is 3.60. The van der Waals surface area contributed by atoms with Gasteiger partial charge < -0.3 is 15.0 Å². The molecule has 0 spiro atoms. The average molecular weight is 364 g/mol. The molecule has 0 atom stereocenters. The molecular formula is C20H20N4O3. The van der Waals surface area contributed by atoms with Crippen molar-refractivity contribution in [3.05, 3.63) is 64.8 Å². The third-order valence-corrected chi connectivity index (χ3v) is 5.01. The number of hydrogen-bond donors (Lipinski definition) is 2. The maximum Gasteiger partial charge on any atom is 0.261 e. The summed E-state index contributed by atoms with van der Waals surface area (Å²) >= 11 is 0. The SMILES string of the molecule is O=C(Nc1cccnc1)c1cn([C@H]2CC[C@H](O)CC2)c2ncccc2c1=O. The van der Waals surface area contributed by atoms with Crippen LogP contribution >= 0.6 is 0 Å². The van der Waals surface area contributed by atoms with Gasteiger partial charge in [-0.25, -0.2) is 4.98 Å². The molecule has 7 heteroatoms. The molecule has 0 unspecified atom stereocenters. The number of anilines is 1. The Hall–Kier alpha value is -3.06. The van der Waals surface area contributed by atoms with Crippen molar-refractivity contribution in [2.45, 2.75) is 37.8 Å². The first-order chi connectivity index (χ1) is 13.1. The second-order valence-electron chi connectivity index (χ2n) is 6.81. The first-order valence-corrected chi connectivity index (χ1v) is 9.03. The van der Waals surface area contributed by atoms with Crippen molar-refractivity contribution in [3.63, 3.8) is 0 Å². The van der Waals surface area contributed by atoms with Gasteiger partial charge in [0.15, 0.2) is 0 Å². The lowest BCUT2D eigenvalue weighted by molar-refractivity contribution is 0.102. The number of aliphatic hydroxyl groups excluding tert-OH is 1. The van der Waals surface area contributed by atoms with Gasteiger partial charge in [-0.05, 0) is 49.9 Å².